The summed E-state index contributed by atoms with van der Waals surface area (Å²) >= 11 is 11.2. The lowest BCUT2D eigenvalue weighted by Crippen LogP contribution is -2.18. The first-order chi connectivity index (χ1) is 9.54. The molecule has 104 valence electrons. The van der Waals surface area contributed by atoms with Gasteiger partial charge in [-0.1, -0.05) is 41.5 Å². The Bertz CT molecular complexity index is 610. The lowest BCUT2D eigenvalue weighted by atomic mass is 10.2. The number of hydrogen-bond donors (Lipinski definition) is 1. The zero-order valence-electron chi connectivity index (χ0n) is 11.4. The normalized spacial score (nSPS) is 10.2. The second-order valence-corrected chi connectivity index (χ2v) is 5.51. The number of thiocarbonyl (C=S) groups is 1. The number of aryl methyl sites for hydroxylation is 2. The molecule has 1 N–H and O–H groups in total. The van der Waals surface area contributed by atoms with Gasteiger partial charge in [-0.2, -0.15) is 0 Å². The van der Waals surface area contributed by atoms with E-state index < -0.39 is 0 Å². The molecule has 4 heteroatoms. The quantitative estimate of drug-likeness (QED) is 0.822. The number of halogens is 1. The van der Waals surface area contributed by atoms with E-state index in [-0.39, 0.29) is 0 Å². The van der Waals surface area contributed by atoms with Crippen LogP contribution in [-0.2, 0) is 0 Å². The van der Waals surface area contributed by atoms with E-state index in [0.29, 0.717) is 11.6 Å². The highest BCUT2D eigenvalue weighted by molar-refractivity contribution is 7.80. The van der Waals surface area contributed by atoms with E-state index in [1.807, 2.05) is 56.3 Å². The number of benzene rings is 2. The van der Waals surface area contributed by atoms with Gasteiger partial charge in [-0.05, 0) is 49.7 Å². The number of anilines is 1. The number of nitrogens with one attached hydrogen (secondary N) is 1. The zero-order valence-corrected chi connectivity index (χ0v) is 13.0. The second-order valence-electron chi connectivity index (χ2n) is 4.61. The van der Waals surface area contributed by atoms with Gasteiger partial charge in [0.1, 0.15) is 17.3 Å². The van der Waals surface area contributed by atoms with Gasteiger partial charge in [0.05, 0.1) is 0 Å². The maximum atomic E-state index is 5.97. The van der Waals surface area contributed by atoms with E-state index in [2.05, 4.69) is 5.32 Å². The Hall–Kier alpha value is -1.58. The molecule has 0 aliphatic heterocycles. The fourth-order valence-electron chi connectivity index (χ4n) is 1.69. The molecular weight excluding hydrogens is 290 g/mol. The zero-order chi connectivity index (χ0) is 14.5. The van der Waals surface area contributed by atoms with Crippen molar-refractivity contribution in [3.8, 4) is 5.75 Å². The molecule has 2 aromatic carbocycles. The summed E-state index contributed by atoms with van der Waals surface area (Å²) < 4.78 is 5.64. The Labute approximate surface area is 129 Å². The molecule has 0 fully saturated rings. The molecule has 0 aliphatic rings. The first-order valence-electron chi connectivity index (χ1n) is 6.30. The van der Waals surface area contributed by atoms with Crippen molar-refractivity contribution in [1.29, 1.82) is 0 Å². The van der Waals surface area contributed by atoms with E-state index in [1.54, 1.807) is 0 Å². The van der Waals surface area contributed by atoms with Crippen molar-refractivity contribution in [3.63, 3.8) is 0 Å². The minimum Gasteiger partial charge on any atom is -0.486 e. The van der Waals surface area contributed by atoms with Crippen molar-refractivity contribution >= 4 is 34.5 Å². The topological polar surface area (TPSA) is 21.3 Å². The predicted molar refractivity (Wildman–Crippen MR) is 89.1 cm³/mol. The number of rotatable bonds is 4. The summed E-state index contributed by atoms with van der Waals surface area (Å²) in [6.45, 7) is 4.33. The van der Waals surface area contributed by atoms with Crippen molar-refractivity contribution < 1.29 is 4.74 Å². The summed E-state index contributed by atoms with van der Waals surface area (Å²) in [5.74, 6) is 0.764. The first kappa shape index (κ1) is 14.8. The Morgan fingerprint density at radius 1 is 1.15 bits per heavy atom. The summed E-state index contributed by atoms with van der Waals surface area (Å²) in [5.41, 5.74) is 3.17. The number of hydrogen-bond acceptors (Lipinski definition) is 2. The maximum Gasteiger partial charge on any atom is 0.138 e. The molecule has 0 radical (unpaired) electrons. The van der Waals surface area contributed by atoms with Crippen LogP contribution in [0.25, 0.3) is 0 Å². The molecule has 0 spiro atoms. The van der Waals surface area contributed by atoms with Gasteiger partial charge in [-0.3, -0.25) is 0 Å². The van der Waals surface area contributed by atoms with Crippen LogP contribution in [0.5, 0.6) is 5.75 Å². The van der Waals surface area contributed by atoms with Crippen molar-refractivity contribution in [2.75, 3.05) is 11.9 Å². The van der Waals surface area contributed by atoms with E-state index in [9.17, 15) is 0 Å². The van der Waals surface area contributed by atoms with Gasteiger partial charge in [-0.25, -0.2) is 0 Å². The largest absolute Gasteiger partial charge is 0.486 e. The molecule has 20 heavy (non-hydrogen) atoms. The van der Waals surface area contributed by atoms with Gasteiger partial charge in [0.25, 0.3) is 0 Å². The van der Waals surface area contributed by atoms with Crippen LogP contribution in [0.1, 0.15) is 11.1 Å². The van der Waals surface area contributed by atoms with Gasteiger partial charge < -0.3 is 10.1 Å². The minimum absolute atomic E-state index is 0.338. The van der Waals surface area contributed by atoms with Gasteiger partial charge in [0.15, 0.2) is 0 Å². The van der Waals surface area contributed by atoms with Crippen LogP contribution in [0, 0.1) is 13.8 Å². The van der Waals surface area contributed by atoms with Crippen molar-refractivity contribution in [2.45, 2.75) is 13.8 Å². The van der Waals surface area contributed by atoms with Crippen LogP contribution >= 0.6 is 23.8 Å². The van der Waals surface area contributed by atoms with Crippen LogP contribution in [0.3, 0.4) is 0 Å². The van der Waals surface area contributed by atoms with Crippen molar-refractivity contribution in [1.82, 2.24) is 0 Å². The molecule has 2 nitrogen and oxygen atoms in total. The minimum atomic E-state index is 0.338. The van der Waals surface area contributed by atoms with Gasteiger partial charge in [0.2, 0.25) is 0 Å². The highest BCUT2D eigenvalue weighted by atomic mass is 35.5. The summed E-state index contributed by atoms with van der Waals surface area (Å²) in [4.78, 5) is 0.640. The average Bonchev–Trinajstić information content (AvgIpc) is 2.43. The highest BCUT2D eigenvalue weighted by Crippen LogP contribution is 2.21. The van der Waals surface area contributed by atoms with Crippen molar-refractivity contribution in [3.05, 3.63) is 58.6 Å². The molecule has 0 aliphatic carbocycles. The summed E-state index contributed by atoms with van der Waals surface area (Å²) in [6.07, 6.45) is 0. The number of ether oxygens (including phenoxy) is 1. The third-order valence-corrected chi connectivity index (χ3v) is 3.48. The van der Waals surface area contributed by atoms with Crippen LogP contribution in [0.4, 0.5) is 5.69 Å². The summed E-state index contributed by atoms with van der Waals surface area (Å²) in [5, 5.41) is 3.88. The molecule has 0 saturated carbocycles. The Kier molecular flexibility index (Phi) is 4.99. The highest BCUT2D eigenvalue weighted by Gasteiger charge is 2.02. The van der Waals surface area contributed by atoms with E-state index >= 15 is 0 Å². The van der Waals surface area contributed by atoms with Crippen LogP contribution in [0.15, 0.2) is 42.5 Å². The molecule has 0 bridgehead atoms. The lowest BCUT2D eigenvalue weighted by Gasteiger charge is -2.11. The van der Waals surface area contributed by atoms with Gasteiger partial charge in [0, 0.05) is 10.7 Å². The summed E-state index contributed by atoms with van der Waals surface area (Å²) in [7, 11) is 0. The van der Waals surface area contributed by atoms with E-state index in [1.165, 1.54) is 5.56 Å². The lowest BCUT2D eigenvalue weighted by molar-refractivity contribution is 0.378. The average molecular weight is 306 g/mol. The second kappa shape index (κ2) is 6.73. The van der Waals surface area contributed by atoms with E-state index in [4.69, 9.17) is 28.6 Å². The molecule has 2 aromatic rings. The first-order valence-corrected chi connectivity index (χ1v) is 7.09. The molecular formula is C16H16ClNOS. The molecule has 0 amide bonds. The van der Waals surface area contributed by atoms with Crippen LogP contribution in [-0.4, -0.2) is 11.6 Å². The smallest absolute Gasteiger partial charge is 0.138 e. The fraction of sp³-hybridized carbons (Fsp3) is 0.188. The van der Waals surface area contributed by atoms with Gasteiger partial charge in [-0.15, -0.1) is 0 Å². The maximum absolute atomic E-state index is 5.97. The third kappa shape index (κ3) is 4.22. The predicted octanol–water partition coefficient (Wildman–Crippen LogP) is 4.78. The van der Waals surface area contributed by atoms with Crippen molar-refractivity contribution in [2.24, 2.45) is 0 Å². The molecule has 2 rings (SSSR count). The van der Waals surface area contributed by atoms with Gasteiger partial charge >= 0.3 is 0 Å². The Morgan fingerprint density at radius 3 is 2.50 bits per heavy atom. The molecule has 0 atom stereocenters. The summed E-state index contributed by atoms with van der Waals surface area (Å²) in [6, 6.07) is 13.6. The SMILES string of the molecule is Cc1ccc(NC(=S)COc2ccc(Cl)c(C)c2)cc1. The molecule has 0 saturated heterocycles. The Morgan fingerprint density at radius 2 is 1.85 bits per heavy atom. The van der Waals surface area contributed by atoms with E-state index in [0.717, 1.165) is 22.0 Å². The Balaban J connectivity index is 1.88. The molecule has 0 heterocycles. The monoisotopic (exact) mass is 305 g/mol. The molecule has 0 unspecified atom stereocenters. The third-order valence-electron chi connectivity index (χ3n) is 2.83. The fourth-order valence-corrected chi connectivity index (χ4v) is 1.98. The standard InChI is InChI=1S/C16H16ClNOS/c1-11-3-5-13(6-4-11)18-16(20)10-19-14-7-8-15(17)12(2)9-14/h3-9H,10H2,1-2H3,(H,18,20). The van der Waals surface area contributed by atoms with Crippen LogP contribution < -0.4 is 10.1 Å². The molecule has 0 aromatic heterocycles. The van der Waals surface area contributed by atoms with Crippen LogP contribution in [0.2, 0.25) is 5.02 Å².